The molecule has 0 atom stereocenters. The van der Waals surface area contributed by atoms with Gasteiger partial charge in [-0.1, -0.05) is 56.6 Å². The Morgan fingerprint density at radius 2 is 1.46 bits per heavy atom. The molecule has 1 heterocycles. The minimum atomic E-state index is -0.508. The smallest absolute Gasteiger partial charge is 0.277 e. The van der Waals surface area contributed by atoms with Crippen molar-refractivity contribution in [3.8, 4) is 5.75 Å². The normalized spacial score (nSPS) is 15.0. The van der Waals surface area contributed by atoms with Gasteiger partial charge in [0.25, 0.3) is 11.8 Å². The fourth-order valence-corrected chi connectivity index (χ4v) is 3.13. The first-order valence-electron chi connectivity index (χ1n) is 8.27. The highest BCUT2D eigenvalue weighted by Gasteiger charge is 2.39. The molecule has 3 rings (SSSR count). The van der Waals surface area contributed by atoms with E-state index in [2.05, 4.69) is 20.8 Å². The van der Waals surface area contributed by atoms with Gasteiger partial charge in [-0.25, -0.2) is 4.90 Å². The molecule has 0 unspecified atom stereocenters. The van der Waals surface area contributed by atoms with E-state index in [9.17, 15) is 9.59 Å². The van der Waals surface area contributed by atoms with Gasteiger partial charge in [-0.05, 0) is 40.8 Å². The van der Waals surface area contributed by atoms with E-state index in [0.717, 1.165) is 10.5 Å². The number of anilines is 1. The first kappa shape index (κ1) is 18.2. The summed E-state index contributed by atoms with van der Waals surface area (Å²) >= 11 is 6.22. The number of ether oxygens (including phenoxy) is 1. The number of carbonyl (C=O) groups excluding carboxylic acids is 2. The Morgan fingerprint density at radius 1 is 0.885 bits per heavy atom. The van der Waals surface area contributed by atoms with Crippen LogP contribution in [0.5, 0.6) is 5.75 Å². The largest absolute Gasteiger partial charge is 0.497 e. The molecule has 0 saturated carbocycles. The summed E-state index contributed by atoms with van der Waals surface area (Å²) in [6.07, 6.45) is 0. The summed E-state index contributed by atoms with van der Waals surface area (Å²) in [6, 6.07) is 14.3. The monoisotopic (exact) mass is 369 g/mol. The molecule has 5 heteroatoms. The number of halogens is 1. The minimum Gasteiger partial charge on any atom is -0.497 e. The Morgan fingerprint density at radius 3 is 1.96 bits per heavy atom. The molecular formula is C21H20ClNO3. The summed E-state index contributed by atoms with van der Waals surface area (Å²) in [5, 5.41) is -0.0694. The molecule has 0 bridgehead atoms. The van der Waals surface area contributed by atoms with E-state index >= 15 is 0 Å². The number of carbonyl (C=O) groups is 2. The van der Waals surface area contributed by atoms with Crippen molar-refractivity contribution in [3.05, 3.63) is 64.7 Å². The second-order valence-electron chi connectivity index (χ2n) is 7.16. The lowest BCUT2D eigenvalue weighted by Gasteiger charge is -2.21. The van der Waals surface area contributed by atoms with Crippen molar-refractivity contribution < 1.29 is 14.3 Å². The predicted octanol–water partition coefficient (Wildman–Crippen LogP) is 4.52. The molecule has 0 aliphatic carbocycles. The van der Waals surface area contributed by atoms with Crippen LogP contribution in [-0.4, -0.2) is 18.9 Å². The third-order valence-electron chi connectivity index (χ3n) is 4.40. The van der Waals surface area contributed by atoms with Crippen LogP contribution in [0.25, 0.3) is 5.57 Å². The van der Waals surface area contributed by atoms with Crippen LogP contribution in [0.3, 0.4) is 0 Å². The molecule has 0 spiro atoms. The van der Waals surface area contributed by atoms with E-state index in [1.807, 2.05) is 12.1 Å². The zero-order chi connectivity index (χ0) is 19.1. The van der Waals surface area contributed by atoms with Crippen molar-refractivity contribution in [2.45, 2.75) is 26.2 Å². The van der Waals surface area contributed by atoms with E-state index in [-0.39, 0.29) is 16.0 Å². The summed E-state index contributed by atoms with van der Waals surface area (Å²) < 4.78 is 5.12. The van der Waals surface area contributed by atoms with Crippen molar-refractivity contribution in [1.29, 1.82) is 0 Å². The van der Waals surface area contributed by atoms with Crippen LogP contribution in [0.15, 0.2) is 53.6 Å². The first-order valence-corrected chi connectivity index (χ1v) is 8.65. The second-order valence-corrected chi connectivity index (χ2v) is 7.54. The fourth-order valence-electron chi connectivity index (χ4n) is 2.86. The molecule has 2 aromatic rings. The van der Waals surface area contributed by atoms with E-state index in [0.29, 0.717) is 17.0 Å². The average molecular weight is 370 g/mol. The van der Waals surface area contributed by atoms with Crippen LogP contribution in [-0.2, 0) is 15.0 Å². The standard InChI is InChI=1S/C21H20ClNO3/c1-21(2,3)14-7-9-15(10-8-14)23-19(24)17(18(22)20(23)25)13-5-11-16(26-4)12-6-13/h5-12H,1-4H3. The zero-order valence-electron chi connectivity index (χ0n) is 15.2. The Balaban J connectivity index is 1.95. The number of methoxy groups -OCH3 is 1. The molecule has 4 nitrogen and oxygen atoms in total. The predicted molar refractivity (Wildman–Crippen MR) is 103 cm³/mol. The van der Waals surface area contributed by atoms with Gasteiger partial charge < -0.3 is 4.74 Å². The Bertz CT molecular complexity index is 890. The highest BCUT2D eigenvalue weighted by Crippen LogP contribution is 2.36. The maximum absolute atomic E-state index is 12.9. The lowest BCUT2D eigenvalue weighted by Crippen LogP contribution is -2.31. The molecule has 0 N–H and O–H groups in total. The first-order chi connectivity index (χ1) is 12.2. The number of benzene rings is 2. The van der Waals surface area contributed by atoms with Gasteiger partial charge in [0, 0.05) is 0 Å². The summed E-state index contributed by atoms with van der Waals surface area (Å²) in [6.45, 7) is 6.32. The van der Waals surface area contributed by atoms with Crippen molar-refractivity contribution in [3.63, 3.8) is 0 Å². The number of hydrogen-bond acceptors (Lipinski definition) is 3. The van der Waals surface area contributed by atoms with Crippen LogP contribution in [0, 0.1) is 0 Å². The molecule has 1 aliphatic heterocycles. The van der Waals surface area contributed by atoms with E-state index in [1.165, 1.54) is 0 Å². The fraction of sp³-hybridized carbons (Fsp3) is 0.238. The van der Waals surface area contributed by atoms with Gasteiger partial charge in [-0.2, -0.15) is 0 Å². The third kappa shape index (κ3) is 3.13. The average Bonchev–Trinajstić information content (AvgIpc) is 2.84. The Hall–Kier alpha value is -2.59. The molecule has 0 radical (unpaired) electrons. The zero-order valence-corrected chi connectivity index (χ0v) is 15.9. The molecule has 2 amide bonds. The molecule has 0 fully saturated rings. The number of amides is 2. The van der Waals surface area contributed by atoms with Crippen LogP contribution in [0.4, 0.5) is 5.69 Å². The minimum absolute atomic E-state index is 0.0122. The SMILES string of the molecule is COc1ccc(C2=C(Cl)C(=O)N(c3ccc(C(C)(C)C)cc3)C2=O)cc1. The topological polar surface area (TPSA) is 46.6 Å². The van der Waals surface area contributed by atoms with Crippen LogP contribution in [0.1, 0.15) is 31.9 Å². The quantitative estimate of drug-likeness (QED) is 0.747. The van der Waals surface area contributed by atoms with Gasteiger partial charge in [0.15, 0.2) is 0 Å². The summed E-state index contributed by atoms with van der Waals surface area (Å²) in [4.78, 5) is 26.6. The number of nitrogens with zero attached hydrogens (tertiary/aromatic N) is 1. The van der Waals surface area contributed by atoms with Crippen LogP contribution >= 0.6 is 11.6 Å². The van der Waals surface area contributed by atoms with Crippen LogP contribution in [0.2, 0.25) is 0 Å². The molecule has 0 saturated heterocycles. The summed E-state index contributed by atoms with van der Waals surface area (Å²) in [5.41, 5.74) is 2.41. The van der Waals surface area contributed by atoms with Gasteiger partial charge in [-0.3, -0.25) is 9.59 Å². The summed E-state index contributed by atoms with van der Waals surface area (Å²) in [5.74, 6) is -0.267. The van der Waals surface area contributed by atoms with Gasteiger partial charge in [0.05, 0.1) is 18.4 Å². The lowest BCUT2D eigenvalue weighted by atomic mass is 9.87. The molecular weight excluding hydrogens is 350 g/mol. The van der Waals surface area contributed by atoms with Gasteiger partial charge in [0.1, 0.15) is 10.8 Å². The number of rotatable bonds is 3. The lowest BCUT2D eigenvalue weighted by molar-refractivity contribution is -0.119. The molecule has 2 aromatic carbocycles. The molecule has 0 aromatic heterocycles. The van der Waals surface area contributed by atoms with Crippen molar-refractivity contribution in [2.75, 3.05) is 12.0 Å². The van der Waals surface area contributed by atoms with Gasteiger partial charge in [0.2, 0.25) is 0 Å². The number of hydrogen-bond donors (Lipinski definition) is 0. The van der Waals surface area contributed by atoms with Crippen molar-refractivity contribution in [2.24, 2.45) is 0 Å². The Kier molecular flexibility index (Phi) is 4.63. The molecule has 26 heavy (non-hydrogen) atoms. The van der Waals surface area contributed by atoms with Gasteiger partial charge in [-0.15, -0.1) is 0 Å². The van der Waals surface area contributed by atoms with E-state index in [1.54, 1.807) is 43.5 Å². The Labute approximate surface area is 158 Å². The van der Waals surface area contributed by atoms with Crippen LogP contribution < -0.4 is 9.64 Å². The van der Waals surface area contributed by atoms with E-state index < -0.39 is 11.8 Å². The molecule has 1 aliphatic rings. The molecule has 134 valence electrons. The second kappa shape index (κ2) is 6.61. The maximum atomic E-state index is 12.9. The van der Waals surface area contributed by atoms with Gasteiger partial charge >= 0.3 is 0 Å². The highest BCUT2D eigenvalue weighted by atomic mass is 35.5. The number of imide groups is 1. The highest BCUT2D eigenvalue weighted by molar-refractivity contribution is 6.60. The summed E-state index contributed by atoms with van der Waals surface area (Å²) in [7, 11) is 1.56. The third-order valence-corrected chi connectivity index (χ3v) is 4.75. The maximum Gasteiger partial charge on any atom is 0.277 e. The van der Waals surface area contributed by atoms with Crippen molar-refractivity contribution >= 4 is 34.7 Å². The van der Waals surface area contributed by atoms with Crippen molar-refractivity contribution in [1.82, 2.24) is 0 Å². The van der Waals surface area contributed by atoms with E-state index in [4.69, 9.17) is 16.3 Å².